The third-order valence-corrected chi connectivity index (χ3v) is 7.50. The van der Waals surface area contributed by atoms with Crippen LogP contribution in [0, 0.1) is 0 Å². The van der Waals surface area contributed by atoms with E-state index in [1.165, 1.54) is 30.9 Å². The smallest absolute Gasteiger partial charge is 0.302 e. The maximum atomic E-state index is 10.9. The van der Waals surface area contributed by atoms with E-state index >= 15 is 0 Å². The molecule has 1 aliphatic heterocycles. The van der Waals surface area contributed by atoms with E-state index in [1.54, 1.807) is 6.33 Å². The zero-order valence-corrected chi connectivity index (χ0v) is 21.4. The average molecular weight is 466 g/mol. The van der Waals surface area contributed by atoms with Gasteiger partial charge in [0.2, 0.25) is 5.95 Å². The van der Waals surface area contributed by atoms with Gasteiger partial charge in [-0.2, -0.15) is 4.98 Å². The minimum atomic E-state index is -0.201. The van der Waals surface area contributed by atoms with Gasteiger partial charge in [-0.3, -0.25) is 9.69 Å². The summed E-state index contributed by atoms with van der Waals surface area (Å²) in [5, 5.41) is 0. The first-order valence-corrected chi connectivity index (χ1v) is 12.6. The summed E-state index contributed by atoms with van der Waals surface area (Å²) in [5.41, 5.74) is 4.30. The molecule has 2 aromatic rings. The lowest BCUT2D eigenvalue weighted by atomic mass is 9.63. The molecule has 0 N–H and O–H groups in total. The van der Waals surface area contributed by atoms with Crippen LogP contribution in [-0.4, -0.2) is 65.2 Å². The fourth-order valence-corrected chi connectivity index (χ4v) is 5.13. The van der Waals surface area contributed by atoms with Crippen molar-refractivity contribution < 1.29 is 9.53 Å². The number of carbonyl (C=O) groups is 1. The van der Waals surface area contributed by atoms with Gasteiger partial charge in [-0.25, -0.2) is 9.97 Å². The number of hydrogen-bond donors (Lipinski definition) is 0. The summed E-state index contributed by atoms with van der Waals surface area (Å²) >= 11 is 0. The van der Waals surface area contributed by atoms with Gasteiger partial charge in [0.05, 0.1) is 6.61 Å². The van der Waals surface area contributed by atoms with Crippen LogP contribution in [0.25, 0.3) is 11.4 Å². The van der Waals surface area contributed by atoms with E-state index < -0.39 is 0 Å². The number of esters is 1. The van der Waals surface area contributed by atoms with Gasteiger partial charge in [-0.05, 0) is 60.3 Å². The number of hydrogen-bond acceptors (Lipinski definition) is 7. The molecule has 0 atom stereocenters. The number of benzene rings is 1. The van der Waals surface area contributed by atoms with Gasteiger partial charge in [-0.1, -0.05) is 39.8 Å². The van der Waals surface area contributed by atoms with Crippen LogP contribution in [0.2, 0.25) is 0 Å². The summed E-state index contributed by atoms with van der Waals surface area (Å²) in [6, 6.07) is 6.77. The summed E-state index contributed by atoms with van der Waals surface area (Å²) < 4.78 is 5.02. The number of aromatic nitrogens is 3. The van der Waals surface area contributed by atoms with Crippen LogP contribution in [0.15, 0.2) is 24.5 Å². The third kappa shape index (κ3) is 5.57. The molecule has 1 aliphatic carbocycles. The van der Waals surface area contributed by atoms with Crippen molar-refractivity contribution in [3.63, 3.8) is 0 Å². The monoisotopic (exact) mass is 465 g/mol. The zero-order valence-electron chi connectivity index (χ0n) is 21.4. The Hall–Kier alpha value is -2.54. The lowest BCUT2D eigenvalue weighted by molar-refractivity contribution is -0.141. The molecule has 184 valence electrons. The summed E-state index contributed by atoms with van der Waals surface area (Å²) in [6.07, 6.45) is 5.99. The van der Waals surface area contributed by atoms with Gasteiger partial charge in [0.25, 0.3) is 0 Å². The fraction of sp³-hybridized carbons (Fsp3) is 0.630. The minimum absolute atomic E-state index is 0.158. The molecular weight excluding hydrogens is 426 g/mol. The van der Waals surface area contributed by atoms with Gasteiger partial charge in [0, 0.05) is 38.7 Å². The van der Waals surface area contributed by atoms with Crippen molar-refractivity contribution in [3.05, 3.63) is 35.7 Å². The molecule has 1 saturated heterocycles. The number of carbonyl (C=O) groups excluding carboxylic acids is 1. The highest BCUT2D eigenvalue weighted by atomic mass is 16.5. The van der Waals surface area contributed by atoms with Crippen LogP contribution in [0.3, 0.4) is 0 Å². The molecule has 7 heteroatoms. The molecule has 2 aliphatic rings. The SMILES string of the molecule is CC(=O)OCCCCN1CCN(c2ncnc(-c3ccc4c(c3)C(C)(C)CCC4(C)C)n2)CC1. The molecule has 1 fully saturated rings. The third-order valence-electron chi connectivity index (χ3n) is 7.50. The molecule has 0 radical (unpaired) electrons. The Balaban J connectivity index is 1.40. The molecule has 0 spiro atoms. The first kappa shape index (κ1) is 24.6. The molecule has 34 heavy (non-hydrogen) atoms. The zero-order chi connectivity index (χ0) is 24.3. The number of nitrogens with zero attached hydrogens (tertiary/aromatic N) is 5. The molecule has 0 unspecified atom stereocenters. The van der Waals surface area contributed by atoms with Crippen LogP contribution in [0.5, 0.6) is 0 Å². The Morgan fingerprint density at radius 2 is 1.68 bits per heavy atom. The van der Waals surface area contributed by atoms with E-state index in [9.17, 15) is 4.79 Å². The summed E-state index contributed by atoms with van der Waals surface area (Å²) in [7, 11) is 0. The van der Waals surface area contributed by atoms with Crippen molar-refractivity contribution in [1.82, 2.24) is 19.9 Å². The van der Waals surface area contributed by atoms with Crippen molar-refractivity contribution in [2.75, 3.05) is 44.2 Å². The topological polar surface area (TPSA) is 71.5 Å². The Labute approximate surface area is 203 Å². The number of rotatable bonds is 7. The predicted octanol–water partition coefficient (Wildman–Crippen LogP) is 4.35. The first-order valence-electron chi connectivity index (χ1n) is 12.6. The van der Waals surface area contributed by atoms with Crippen LogP contribution in [0.1, 0.15) is 71.4 Å². The molecular formula is C27H39N5O2. The first-order chi connectivity index (χ1) is 16.2. The molecule has 0 saturated carbocycles. The largest absolute Gasteiger partial charge is 0.466 e. The second-order valence-electron chi connectivity index (χ2n) is 11.0. The number of piperazine rings is 1. The second-order valence-corrected chi connectivity index (χ2v) is 11.0. The number of unbranched alkanes of at least 4 members (excludes halogenated alkanes) is 1. The summed E-state index contributed by atoms with van der Waals surface area (Å²) in [6.45, 7) is 16.2. The number of anilines is 1. The van der Waals surface area contributed by atoms with E-state index in [0.717, 1.165) is 62.9 Å². The Kier molecular flexibility index (Phi) is 7.22. The van der Waals surface area contributed by atoms with E-state index in [1.807, 2.05) is 0 Å². The minimum Gasteiger partial charge on any atom is -0.466 e. The van der Waals surface area contributed by atoms with Crippen LogP contribution in [-0.2, 0) is 20.4 Å². The van der Waals surface area contributed by atoms with Crippen LogP contribution >= 0.6 is 0 Å². The highest BCUT2D eigenvalue weighted by Crippen LogP contribution is 2.46. The van der Waals surface area contributed by atoms with E-state index in [-0.39, 0.29) is 16.8 Å². The molecule has 1 aromatic heterocycles. The van der Waals surface area contributed by atoms with Crippen molar-refractivity contribution in [1.29, 1.82) is 0 Å². The maximum absolute atomic E-state index is 10.9. The highest BCUT2D eigenvalue weighted by molar-refractivity contribution is 5.65. The number of ether oxygens (including phenoxy) is 1. The molecule has 0 bridgehead atoms. The van der Waals surface area contributed by atoms with E-state index in [4.69, 9.17) is 9.72 Å². The molecule has 2 heterocycles. The fourth-order valence-electron chi connectivity index (χ4n) is 5.13. The maximum Gasteiger partial charge on any atom is 0.302 e. The van der Waals surface area contributed by atoms with Gasteiger partial charge in [0.1, 0.15) is 6.33 Å². The quantitative estimate of drug-likeness (QED) is 0.445. The predicted molar refractivity (Wildman–Crippen MR) is 135 cm³/mol. The van der Waals surface area contributed by atoms with Crippen LogP contribution in [0.4, 0.5) is 5.95 Å². The molecule has 7 nitrogen and oxygen atoms in total. The highest BCUT2D eigenvalue weighted by Gasteiger charge is 2.37. The van der Waals surface area contributed by atoms with Gasteiger partial charge in [-0.15, -0.1) is 0 Å². The lowest BCUT2D eigenvalue weighted by Crippen LogP contribution is -2.47. The van der Waals surface area contributed by atoms with Crippen molar-refractivity contribution >= 4 is 11.9 Å². The summed E-state index contributed by atoms with van der Waals surface area (Å²) in [4.78, 5) is 29.5. The normalized spacial score (nSPS) is 19.5. The number of fused-ring (bicyclic) bond motifs is 1. The molecule has 0 amide bonds. The standard InChI is InChI=1S/C27H39N5O2/c1-20(33)34-17-7-6-12-31-13-15-32(16-14-31)25-29-19-28-24(30-25)21-8-9-22-23(18-21)27(4,5)11-10-26(22,2)3/h8-9,18-19H,6-7,10-17H2,1-5H3. The van der Waals surface area contributed by atoms with Crippen molar-refractivity contribution in [2.45, 2.75) is 71.1 Å². The Morgan fingerprint density at radius 1 is 0.971 bits per heavy atom. The van der Waals surface area contributed by atoms with Gasteiger partial charge in [0.15, 0.2) is 5.82 Å². The molecule has 4 rings (SSSR count). The van der Waals surface area contributed by atoms with Gasteiger partial charge >= 0.3 is 5.97 Å². The average Bonchev–Trinajstić information content (AvgIpc) is 2.82. The van der Waals surface area contributed by atoms with Crippen molar-refractivity contribution in [2.24, 2.45) is 0 Å². The van der Waals surface area contributed by atoms with E-state index in [0.29, 0.717) is 6.61 Å². The Bertz CT molecular complexity index is 1010. The Morgan fingerprint density at radius 3 is 2.38 bits per heavy atom. The second kappa shape index (κ2) is 9.98. The summed E-state index contributed by atoms with van der Waals surface area (Å²) in [5.74, 6) is 1.31. The van der Waals surface area contributed by atoms with Crippen molar-refractivity contribution in [3.8, 4) is 11.4 Å². The molecule has 1 aromatic carbocycles. The van der Waals surface area contributed by atoms with Crippen LogP contribution < -0.4 is 4.90 Å². The lowest BCUT2D eigenvalue weighted by Gasteiger charge is -2.42. The van der Waals surface area contributed by atoms with Gasteiger partial charge < -0.3 is 9.64 Å². The van der Waals surface area contributed by atoms with E-state index in [2.05, 4.69) is 65.7 Å².